The van der Waals surface area contributed by atoms with E-state index < -0.39 is 10.8 Å². The molecule has 3 heteroatoms. The second-order valence-corrected chi connectivity index (χ2v) is 20.5. The standard InChI is InChI=1S/C64H53NO2/c1-61(2,3)44-33-36-57-52(39-44)64(53-40-45(62(4,5)6)34-37-58(53)67-57)49-28-17-16-27-48(49)60-51(64)30-20-31-55(60)65(46-25-14-9-15-26-46)47-35-38-59-54(41-47)63(42-21-10-7-11-22-42,43-23-12-8-13-24-43)50-29-18-19-32-56(50)66-59/h7-41H,1-6H3. The molecule has 2 aliphatic heterocycles. The van der Waals surface area contributed by atoms with Crippen LogP contribution in [0.4, 0.5) is 17.1 Å². The molecule has 0 unspecified atom stereocenters. The Balaban J connectivity index is 1.17. The SMILES string of the molecule is CC(C)(C)c1ccc2c(c1)C1(c3cc(C(C)(C)C)ccc3O2)c2ccccc2-c2c(N(c3ccccc3)c3ccc4c(c3)C(c3ccccc3)(c3ccccc3)c3ccccc3O4)cccc21. The molecular weight excluding hydrogens is 815 g/mol. The van der Waals surface area contributed by atoms with Crippen molar-refractivity contribution in [2.24, 2.45) is 0 Å². The summed E-state index contributed by atoms with van der Waals surface area (Å²) >= 11 is 0. The lowest BCUT2D eigenvalue weighted by Crippen LogP contribution is -2.34. The topological polar surface area (TPSA) is 21.7 Å². The van der Waals surface area contributed by atoms with Gasteiger partial charge in [0, 0.05) is 39.2 Å². The van der Waals surface area contributed by atoms with Crippen LogP contribution in [0, 0.1) is 0 Å². The largest absolute Gasteiger partial charge is 0.457 e. The Morgan fingerprint density at radius 2 is 0.806 bits per heavy atom. The van der Waals surface area contributed by atoms with E-state index in [2.05, 4.69) is 259 Å². The maximum Gasteiger partial charge on any atom is 0.132 e. The molecule has 9 aromatic rings. The Bertz CT molecular complexity index is 3270. The molecule has 0 aromatic heterocycles. The van der Waals surface area contributed by atoms with Crippen molar-refractivity contribution in [2.45, 2.75) is 63.2 Å². The number of nitrogens with zero attached hydrogens (tertiary/aromatic N) is 1. The Morgan fingerprint density at radius 3 is 1.39 bits per heavy atom. The maximum absolute atomic E-state index is 6.99. The van der Waals surface area contributed by atoms with Crippen molar-refractivity contribution in [3.8, 4) is 34.1 Å². The molecular formula is C64H53NO2. The first-order valence-corrected chi connectivity index (χ1v) is 23.6. The highest BCUT2D eigenvalue weighted by molar-refractivity contribution is 5.98. The summed E-state index contributed by atoms with van der Waals surface area (Å²) in [5, 5.41) is 0. The second kappa shape index (κ2) is 15.0. The van der Waals surface area contributed by atoms with Gasteiger partial charge in [0.1, 0.15) is 23.0 Å². The van der Waals surface area contributed by atoms with Crippen LogP contribution in [0.5, 0.6) is 23.0 Å². The summed E-state index contributed by atoms with van der Waals surface area (Å²) in [6, 6.07) is 77.9. The predicted molar refractivity (Wildman–Crippen MR) is 274 cm³/mol. The van der Waals surface area contributed by atoms with Crippen LogP contribution in [0.1, 0.15) is 97.2 Å². The zero-order chi connectivity index (χ0) is 45.7. The highest BCUT2D eigenvalue weighted by atomic mass is 16.5. The summed E-state index contributed by atoms with van der Waals surface area (Å²) in [5.41, 5.74) is 16.1. The van der Waals surface area contributed by atoms with E-state index in [1.54, 1.807) is 0 Å². The maximum atomic E-state index is 6.99. The average Bonchev–Trinajstić information content (AvgIpc) is 3.64. The van der Waals surface area contributed by atoms with Crippen LogP contribution in [-0.2, 0) is 21.7 Å². The van der Waals surface area contributed by atoms with Crippen molar-refractivity contribution in [3.63, 3.8) is 0 Å². The Labute approximate surface area is 395 Å². The fourth-order valence-electron chi connectivity index (χ4n) is 11.4. The molecule has 326 valence electrons. The minimum atomic E-state index is -0.675. The van der Waals surface area contributed by atoms with Crippen LogP contribution >= 0.6 is 0 Å². The van der Waals surface area contributed by atoms with Crippen molar-refractivity contribution in [1.82, 2.24) is 0 Å². The van der Waals surface area contributed by atoms with Gasteiger partial charge < -0.3 is 14.4 Å². The molecule has 0 bridgehead atoms. The summed E-state index contributed by atoms with van der Waals surface area (Å²) in [4.78, 5) is 2.47. The van der Waals surface area contributed by atoms with E-state index in [4.69, 9.17) is 9.47 Å². The number of ether oxygens (including phenoxy) is 2. The molecule has 3 aliphatic rings. The van der Waals surface area contributed by atoms with Crippen LogP contribution in [0.15, 0.2) is 212 Å². The highest BCUT2D eigenvalue weighted by Gasteiger charge is 2.53. The number of hydrogen-bond donors (Lipinski definition) is 0. The number of benzene rings is 9. The molecule has 0 amide bonds. The zero-order valence-corrected chi connectivity index (χ0v) is 39.0. The lowest BCUT2D eigenvalue weighted by Gasteiger charge is -2.42. The molecule has 0 radical (unpaired) electrons. The van der Waals surface area contributed by atoms with Gasteiger partial charge in [-0.2, -0.15) is 0 Å². The molecule has 0 atom stereocenters. The van der Waals surface area contributed by atoms with Gasteiger partial charge in [-0.3, -0.25) is 0 Å². The summed E-state index contributed by atoms with van der Waals surface area (Å²) in [6.45, 7) is 13.8. The van der Waals surface area contributed by atoms with Crippen molar-refractivity contribution >= 4 is 17.1 Å². The van der Waals surface area contributed by atoms with Crippen molar-refractivity contribution in [1.29, 1.82) is 0 Å². The lowest BCUT2D eigenvalue weighted by atomic mass is 9.63. The van der Waals surface area contributed by atoms with E-state index in [9.17, 15) is 0 Å². The third-order valence-electron chi connectivity index (χ3n) is 14.6. The van der Waals surface area contributed by atoms with Crippen molar-refractivity contribution in [3.05, 3.63) is 268 Å². The van der Waals surface area contributed by atoms with Gasteiger partial charge in [0.05, 0.1) is 16.5 Å². The van der Waals surface area contributed by atoms with E-state index in [-0.39, 0.29) is 10.8 Å². The van der Waals surface area contributed by atoms with Gasteiger partial charge in [-0.15, -0.1) is 0 Å². The Kier molecular flexibility index (Phi) is 9.12. The normalized spacial score (nSPS) is 14.6. The zero-order valence-electron chi connectivity index (χ0n) is 39.0. The van der Waals surface area contributed by atoms with Gasteiger partial charge in [-0.1, -0.05) is 187 Å². The number of rotatable bonds is 5. The smallest absolute Gasteiger partial charge is 0.132 e. The molecule has 3 nitrogen and oxygen atoms in total. The molecule has 1 aliphatic carbocycles. The van der Waals surface area contributed by atoms with Gasteiger partial charge >= 0.3 is 0 Å². The minimum Gasteiger partial charge on any atom is -0.457 e. The van der Waals surface area contributed by atoms with Gasteiger partial charge in [0.15, 0.2) is 0 Å². The Hall–Kier alpha value is -7.62. The first kappa shape index (κ1) is 40.9. The molecule has 1 spiro atoms. The van der Waals surface area contributed by atoms with E-state index in [1.807, 2.05) is 0 Å². The van der Waals surface area contributed by atoms with Crippen molar-refractivity contribution in [2.75, 3.05) is 4.90 Å². The summed E-state index contributed by atoms with van der Waals surface area (Å²) in [5.74, 6) is 3.49. The summed E-state index contributed by atoms with van der Waals surface area (Å²) < 4.78 is 13.9. The van der Waals surface area contributed by atoms with Gasteiger partial charge in [0.2, 0.25) is 0 Å². The number of fused-ring (bicyclic) bond motifs is 11. The predicted octanol–water partition coefficient (Wildman–Crippen LogP) is 16.7. The van der Waals surface area contributed by atoms with Crippen LogP contribution in [0.25, 0.3) is 11.1 Å². The number of anilines is 3. The van der Waals surface area contributed by atoms with Crippen LogP contribution in [0.2, 0.25) is 0 Å². The number of para-hydroxylation sites is 2. The monoisotopic (exact) mass is 867 g/mol. The van der Waals surface area contributed by atoms with Crippen molar-refractivity contribution < 1.29 is 9.47 Å². The fourth-order valence-corrected chi connectivity index (χ4v) is 11.4. The molecule has 0 fully saturated rings. The van der Waals surface area contributed by atoms with E-state index in [1.165, 1.54) is 55.6 Å². The minimum absolute atomic E-state index is 0.0813. The fraction of sp³-hybridized carbons (Fsp3) is 0.156. The molecule has 9 aromatic carbocycles. The van der Waals surface area contributed by atoms with E-state index in [0.717, 1.165) is 51.2 Å². The summed E-state index contributed by atoms with van der Waals surface area (Å²) in [7, 11) is 0. The molecule has 0 N–H and O–H groups in total. The third kappa shape index (κ3) is 6.03. The molecule has 2 heterocycles. The quantitative estimate of drug-likeness (QED) is 0.172. The van der Waals surface area contributed by atoms with E-state index in [0.29, 0.717) is 0 Å². The Morgan fingerprint density at radius 1 is 0.343 bits per heavy atom. The van der Waals surface area contributed by atoms with Gasteiger partial charge in [-0.25, -0.2) is 0 Å². The molecule has 0 saturated carbocycles. The van der Waals surface area contributed by atoms with Gasteiger partial charge in [-0.05, 0) is 117 Å². The molecule has 12 rings (SSSR count). The number of hydrogen-bond acceptors (Lipinski definition) is 3. The summed E-state index contributed by atoms with van der Waals surface area (Å²) in [6.07, 6.45) is 0. The van der Waals surface area contributed by atoms with E-state index >= 15 is 0 Å². The lowest BCUT2D eigenvalue weighted by molar-refractivity contribution is 0.433. The van der Waals surface area contributed by atoms with Crippen LogP contribution < -0.4 is 14.4 Å². The third-order valence-corrected chi connectivity index (χ3v) is 14.6. The van der Waals surface area contributed by atoms with Crippen LogP contribution in [0.3, 0.4) is 0 Å². The molecule has 67 heavy (non-hydrogen) atoms. The van der Waals surface area contributed by atoms with Gasteiger partial charge in [0.25, 0.3) is 0 Å². The first-order valence-electron chi connectivity index (χ1n) is 23.6. The highest BCUT2D eigenvalue weighted by Crippen LogP contribution is 2.65. The second-order valence-electron chi connectivity index (χ2n) is 20.5. The van der Waals surface area contributed by atoms with Crippen LogP contribution in [-0.4, -0.2) is 0 Å². The molecule has 0 saturated heterocycles. The first-order chi connectivity index (χ1) is 32.5. The average molecular weight is 868 g/mol.